The van der Waals surface area contributed by atoms with Gasteiger partial charge in [0.25, 0.3) is 0 Å². The molecule has 0 bridgehead atoms. The molecule has 6 rings (SSSR count). The minimum atomic E-state index is 0.959. The lowest BCUT2D eigenvalue weighted by molar-refractivity contribution is 1.01. The summed E-state index contributed by atoms with van der Waals surface area (Å²) in [6, 6.07) is 27.0. The predicted molar refractivity (Wildman–Crippen MR) is 137 cm³/mol. The lowest BCUT2D eigenvalue weighted by Gasteiger charge is -2.34. The summed E-state index contributed by atoms with van der Waals surface area (Å²) in [5.41, 5.74) is 7.67. The van der Waals surface area contributed by atoms with Crippen LogP contribution in [-0.4, -0.2) is 0 Å². The number of aryl methyl sites for hydroxylation is 1. The van der Waals surface area contributed by atoms with E-state index in [4.69, 9.17) is 0 Å². The van der Waals surface area contributed by atoms with E-state index in [-0.39, 0.29) is 0 Å². The fourth-order valence-electron chi connectivity index (χ4n) is 4.88. The number of fused-ring (bicyclic) bond motifs is 5. The van der Waals surface area contributed by atoms with Gasteiger partial charge in [0.15, 0.2) is 0 Å². The van der Waals surface area contributed by atoms with E-state index in [9.17, 15) is 0 Å². The fraction of sp³-hybridized carbons (Fsp3) is 0.103. The van der Waals surface area contributed by atoms with Gasteiger partial charge in [0.2, 0.25) is 0 Å². The molecular weight excluding hydrogens is 394 g/mol. The highest BCUT2D eigenvalue weighted by atomic mass is 32.1. The summed E-state index contributed by atoms with van der Waals surface area (Å²) in [6.45, 7) is 8.55. The van der Waals surface area contributed by atoms with E-state index in [1.165, 1.54) is 64.7 Å². The molecule has 1 aliphatic rings. The maximum atomic E-state index is 4.16. The topological polar surface area (TPSA) is 3.24 Å². The third-order valence-electron chi connectivity index (χ3n) is 6.38. The van der Waals surface area contributed by atoms with Gasteiger partial charge < -0.3 is 4.90 Å². The predicted octanol–water partition coefficient (Wildman–Crippen LogP) is 8.67. The van der Waals surface area contributed by atoms with Crippen molar-refractivity contribution in [1.82, 2.24) is 0 Å². The van der Waals surface area contributed by atoms with Gasteiger partial charge in [-0.05, 0) is 90.2 Å². The number of thiophene rings is 1. The molecule has 0 fully saturated rings. The van der Waals surface area contributed by atoms with E-state index in [0.717, 1.165) is 6.42 Å². The first kappa shape index (κ1) is 18.4. The molecule has 0 spiro atoms. The molecule has 0 saturated heterocycles. The molecule has 2 heterocycles. The van der Waals surface area contributed by atoms with Crippen LogP contribution in [0.3, 0.4) is 0 Å². The van der Waals surface area contributed by atoms with Crippen LogP contribution in [0.2, 0.25) is 0 Å². The molecule has 1 aromatic heterocycles. The maximum Gasteiger partial charge on any atom is 0.0503 e. The highest BCUT2D eigenvalue weighted by Crippen LogP contribution is 2.44. The Morgan fingerprint density at radius 1 is 0.839 bits per heavy atom. The molecule has 1 nitrogen and oxygen atoms in total. The summed E-state index contributed by atoms with van der Waals surface area (Å²) in [7, 11) is 0. The first-order valence-corrected chi connectivity index (χ1v) is 11.5. The molecule has 0 atom stereocenters. The third-order valence-corrected chi connectivity index (χ3v) is 7.52. The van der Waals surface area contributed by atoms with Crippen molar-refractivity contribution in [1.29, 1.82) is 0 Å². The average molecular weight is 418 g/mol. The normalized spacial score (nSPS) is 13.9. The Morgan fingerprint density at radius 3 is 2.45 bits per heavy atom. The van der Waals surface area contributed by atoms with E-state index < -0.39 is 0 Å². The minimum Gasteiger partial charge on any atom is -0.310 e. The number of anilines is 2. The van der Waals surface area contributed by atoms with E-state index >= 15 is 0 Å². The van der Waals surface area contributed by atoms with Crippen LogP contribution in [0.25, 0.3) is 30.9 Å². The molecule has 150 valence electrons. The molecule has 31 heavy (non-hydrogen) atoms. The summed E-state index contributed by atoms with van der Waals surface area (Å²) in [4.78, 5) is 2.39. The van der Waals surface area contributed by atoms with Gasteiger partial charge in [0.05, 0.1) is 5.69 Å². The Morgan fingerprint density at radius 2 is 1.65 bits per heavy atom. The van der Waals surface area contributed by atoms with Crippen molar-refractivity contribution in [3.63, 3.8) is 0 Å². The minimum absolute atomic E-state index is 0.959. The van der Waals surface area contributed by atoms with Gasteiger partial charge in [-0.2, -0.15) is 0 Å². The van der Waals surface area contributed by atoms with Crippen molar-refractivity contribution in [3.8, 4) is 0 Å². The molecular formula is C29H23NS. The summed E-state index contributed by atoms with van der Waals surface area (Å²) in [5, 5.41) is 5.23. The van der Waals surface area contributed by atoms with Crippen LogP contribution in [0.5, 0.6) is 0 Å². The van der Waals surface area contributed by atoms with Crippen LogP contribution in [0.4, 0.5) is 11.4 Å². The second-order valence-electron chi connectivity index (χ2n) is 8.49. The van der Waals surface area contributed by atoms with Gasteiger partial charge in [-0.25, -0.2) is 0 Å². The van der Waals surface area contributed by atoms with Gasteiger partial charge >= 0.3 is 0 Å². The lowest BCUT2D eigenvalue weighted by Crippen LogP contribution is -2.22. The van der Waals surface area contributed by atoms with E-state index in [1.807, 2.05) is 17.4 Å². The number of allylic oxidation sites excluding steroid dienone is 2. The highest BCUT2D eigenvalue weighted by molar-refractivity contribution is 7.25. The van der Waals surface area contributed by atoms with Gasteiger partial charge in [0, 0.05) is 31.6 Å². The smallest absolute Gasteiger partial charge is 0.0503 e. The Kier molecular flexibility index (Phi) is 4.06. The SMILES string of the molecule is C=CC1=C(C)Cc2cc3ccccc3cc2N1c1ccc2sc3cc(C)ccc3c2c1. The van der Waals surface area contributed by atoms with Crippen LogP contribution in [0, 0.1) is 6.92 Å². The standard InChI is InChI=1S/C29H23NS/c1-4-26-19(3)14-22-15-20-7-5-6-8-21(20)16-27(22)30(26)23-10-12-28-25(17-23)24-11-9-18(2)13-29(24)31-28/h4-13,15-17H,1,14H2,2-3H3. The van der Waals surface area contributed by atoms with Gasteiger partial charge in [-0.1, -0.05) is 43.0 Å². The number of hydrogen-bond acceptors (Lipinski definition) is 2. The van der Waals surface area contributed by atoms with Gasteiger partial charge in [-0.15, -0.1) is 11.3 Å². The van der Waals surface area contributed by atoms with Crippen LogP contribution in [-0.2, 0) is 6.42 Å². The van der Waals surface area contributed by atoms with Gasteiger partial charge in [-0.3, -0.25) is 0 Å². The van der Waals surface area contributed by atoms with Crippen molar-refractivity contribution in [2.75, 3.05) is 4.90 Å². The molecule has 0 saturated carbocycles. The molecule has 5 aromatic rings. The van der Waals surface area contributed by atoms with Crippen molar-refractivity contribution in [2.45, 2.75) is 20.3 Å². The Hall–Kier alpha value is -3.36. The zero-order valence-electron chi connectivity index (χ0n) is 17.8. The van der Waals surface area contributed by atoms with Crippen molar-refractivity contribution >= 4 is 53.7 Å². The quantitative estimate of drug-likeness (QED) is 0.278. The summed E-state index contributed by atoms with van der Waals surface area (Å²) in [5.74, 6) is 0. The molecule has 0 aliphatic carbocycles. The zero-order chi connectivity index (χ0) is 21.1. The molecule has 0 amide bonds. The first-order valence-electron chi connectivity index (χ1n) is 10.7. The highest BCUT2D eigenvalue weighted by Gasteiger charge is 2.24. The Bertz CT molecular complexity index is 1550. The summed E-state index contributed by atoms with van der Waals surface area (Å²) < 4.78 is 2.69. The van der Waals surface area contributed by atoms with E-state index in [0.29, 0.717) is 0 Å². The number of hydrogen-bond donors (Lipinski definition) is 0. The second-order valence-corrected chi connectivity index (χ2v) is 9.58. The van der Waals surface area contributed by atoms with Crippen LogP contribution in [0.15, 0.2) is 96.7 Å². The van der Waals surface area contributed by atoms with Crippen molar-refractivity contribution in [3.05, 3.63) is 108 Å². The zero-order valence-corrected chi connectivity index (χ0v) is 18.6. The van der Waals surface area contributed by atoms with Crippen molar-refractivity contribution in [2.24, 2.45) is 0 Å². The molecule has 4 aromatic carbocycles. The molecule has 2 heteroatoms. The molecule has 1 aliphatic heterocycles. The molecule has 0 unspecified atom stereocenters. The Balaban J connectivity index is 1.62. The second kappa shape index (κ2) is 6.83. The monoisotopic (exact) mass is 417 g/mol. The lowest BCUT2D eigenvalue weighted by atomic mass is 9.93. The Labute approximate surface area is 186 Å². The van der Waals surface area contributed by atoms with Gasteiger partial charge in [0.1, 0.15) is 0 Å². The number of benzene rings is 4. The average Bonchev–Trinajstić information content (AvgIpc) is 3.13. The third kappa shape index (κ3) is 2.83. The molecule has 0 radical (unpaired) electrons. The van der Waals surface area contributed by atoms with Crippen LogP contribution in [0.1, 0.15) is 18.1 Å². The van der Waals surface area contributed by atoms with E-state index in [1.54, 1.807) is 0 Å². The summed E-state index contributed by atoms with van der Waals surface area (Å²) >= 11 is 1.88. The van der Waals surface area contributed by atoms with Crippen LogP contribution >= 0.6 is 11.3 Å². The maximum absolute atomic E-state index is 4.16. The number of rotatable bonds is 2. The first-order chi connectivity index (χ1) is 15.1. The fourth-order valence-corrected chi connectivity index (χ4v) is 6.06. The van der Waals surface area contributed by atoms with E-state index in [2.05, 4.69) is 98.1 Å². The van der Waals surface area contributed by atoms with Crippen molar-refractivity contribution < 1.29 is 0 Å². The number of nitrogens with zero attached hydrogens (tertiary/aromatic N) is 1. The molecule has 0 N–H and O–H groups in total. The van der Waals surface area contributed by atoms with Crippen LogP contribution < -0.4 is 4.90 Å². The summed E-state index contributed by atoms with van der Waals surface area (Å²) in [6.07, 6.45) is 2.97. The largest absolute Gasteiger partial charge is 0.310 e.